The van der Waals surface area contributed by atoms with Crippen molar-refractivity contribution in [3.63, 3.8) is 0 Å². The van der Waals surface area contributed by atoms with E-state index in [0.29, 0.717) is 18.1 Å². The van der Waals surface area contributed by atoms with Crippen molar-refractivity contribution in [2.45, 2.75) is 38.5 Å². The first kappa shape index (κ1) is 11.2. The molecule has 1 aromatic carbocycles. The minimum absolute atomic E-state index is 0.409. The lowest BCUT2D eigenvalue weighted by atomic mass is 9.82. The molecule has 1 aliphatic carbocycles. The van der Waals surface area contributed by atoms with Crippen LogP contribution in [0.1, 0.15) is 42.7 Å². The van der Waals surface area contributed by atoms with Gasteiger partial charge in [-0.15, -0.1) is 0 Å². The summed E-state index contributed by atoms with van der Waals surface area (Å²) < 4.78 is 5.19. The zero-order valence-electron chi connectivity index (χ0n) is 9.95. The molecule has 2 rings (SSSR count). The Morgan fingerprint density at radius 1 is 1.38 bits per heavy atom. The van der Waals surface area contributed by atoms with Gasteiger partial charge in [0.15, 0.2) is 0 Å². The second kappa shape index (κ2) is 4.69. The lowest BCUT2D eigenvalue weighted by Gasteiger charge is -2.23. The van der Waals surface area contributed by atoms with Gasteiger partial charge in [0.25, 0.3) is 0 Å². The summed E-state index contributed by atoms with van der Waals surface area (Å²) in [5.74, 6) is 1.72. The van der Waals surface area contributed by atoms with E-state index in [-0.39, 0.29) is 0 Å². The van der Waals surface area contributed by atoms with Crippen LogP contribution in [0.2, 0.25) is 0 Å². The van der Waals surface area contributed by atoms with E-state index >= 15 is 0 Å². The van der Waals surface area contributed by atoms with Crippen molar-refractivity contribution in [2.24, 2.45) is 0 Å². The molecule has 0 saturated heterocycles. The average molecular weight is 218 g/mol. The van der Waals surface area contributed by atoms with E-state index in [4.69, 9.17) is 4.74 Å². The van der Waals surface area contributed by atoms with Gasteiger partial charge in [0.05, 0.1) is 7.11 Å². The monoisotopic (exact) mass is 218 g/mol. The summed E-state index contributed by atoms with van der Waals surface area (Å²) in [6.07, 6.45) is 3.66. The summed E-state index contributed by atoms with van der Waals surface area (Å²) >= 11 is 0. The molecule has 2 nitrogen and oxygen atoms in total. The molecule has 2 heteroatoms. The van der Waals surface area contributed by atoms with E-state index < -0.39 is 0 Å². The average Bonchev–Trinajstić information content (AvgIpc) is 2.28. The minimum Gasteiger partial charge on any atom is -0.497 e. The SMILES string of the molecule is COc1ccc([C@H]2CCCC(=O)C2)c(C)c1. The second-order valence-electron chi connectivity index (χ2n) is 4.55. The molecule has 1 aliphatic rings. The lowest BCUT2D eigenvalue weighted by Crippen LogP contribution is -2.14. The normalized spacial score (nSPS) is 20.9. The van der Waals surface area contributed by atoms with Gasteiger partial charge in [0.1, 0.15) is 11.5 Å². The van der Waals surface area contributed by atoms with Crippen LogP contribution in [0.5, 0.6) is 5.75 Å². The van der Waals surface area contributed by atoms with Gasteiger partial charge in [-0.25, -0.2) is 0 Å². The van der Waals surface area contributed by atoms with Crippen molar-refractivity contribution in [1.29, 1.82) is 0 Å². The van der Waals surface area contributed by atoms with E-state index in [2.05, 4.69) is 19.1 Å². The number of carbonyl (C=O) groups excluding carboxylic acids is 1. The van der Waals surface area contributed by atoms with Crippen LogP contribution < -0.4 is 4.74 Å². The molecule has 0 radical (unpaired) electrons. The highest BCUT2D eigenvalue weighted by Gasteiger charge is 2.22. The van der Waals surface area contributed by atoms with Gasteiger partial charge in [-0.1, -0.05) is 6.07 Å². The summed E-state index contributed by atoms with van der Waals surface area (Å²) in [5, 5.41) is 0. The Labute approximate surface area is 96.6 Å². The number of ether oxygens (including phenoxy) is 1. The highest BCUT2D eigenvalue weighted by atomic mass is 16.5. The number of rotatable bonds is 2. The number of ketones is 1. The molecular weight excluding hydrogens is 200 g/mol. The van der Waals surface area contributed by atoms with Gasteiger partial charge >= 0.3 is 0 Å². The number of Topliss-reactive ketones (excluding diaryl/α,β-unsaturated/α-hetero) is 1. The summed E-state index contributed by atoms with van der Waals surface area (Å²) in [4.78, 5) is 11.5. The maximum Gasteiger partial charge on any atom is 0.133 e. The van der Waals surface area contributed by atoms with Crippen molar-refractivity contribution >= 4 is 5.78 Å². The molecule has 0 unspecified atom stereocenters. The molecule has 1 fully saturated rings. The number of methoxy groups -OCH3 is 1. The summed E-state index contributed by atoms with van der Waals surface area (Å²) in [5.41, 5.74) is 2.55. The molecule has 16 heavy (non-hydrogen) atoms. The predicted octanol–water partition coefficient (Wildman–Crippen LogP) is 3.23. The van der Waals surface area contributed by atoms with Crippen molar-refractivity contribution in [2.75, 3.05) is 7.11 Å². The van der Waals surface area contributed by atoms with Gasteiger partial charge < -0.3 is 4.74 Å². The fourth-order valence-electron chi connectivity index (χ4n) is 2.52. The maximum absolute atomic E-state index is 11.5. The van der Waals surface area contributed by atoms with Gasteiger partial charge in [0, 0.05) is 12.8 Å². The number of carbonyl (C=O) groups is 1. The van der Waals surface area contributed by atoms with E-state index in [1.54, 1.807) is 7.11 Å². The lowest BCUT2D eigenvalue weighted by molar-refractivity contribution is -0.120. The topological polar surface area (TPSA) is 26.3 Å². The van der Waals surface area contributed by atoms with E-state index in [0.717, 1.165) is 25.0 Å². The van der Waals surface area contributed by atoms with Crippen LogP contribution >= 0.6 is 0 Å². The molecule has 0 aliphatic heterocycles. The highest BCUT2D eigenvalue weighted by molar-refractivity contribution is 5.80. The largest absolute Gasteiger partial charge is 0.497 e. The Hall–Kier alpha value is -1.31. The van der Waals surface area contributed by atoms with Crippen LogP contribution in [0.25, 0.3) is 0 Å². The standard InChI is InChI=1S/C14H18O2/c1-10-8-13(16-2)6-7-14(10)11-4-3-5-12(15)9-11/h6-8,11H,3-5,9H2,1-2H3/t11-/m0/s1. The van der Waals surface area contributed by atoms with Gasteiger partial charge in [-0.05, 0) is 48.9 Å². The van der Waals surface area contributed by atoms with Crippen molar-refractivity contribution in [3.05, 3.63) is 29.3 Å². The molecule has 0 N–H and O–H groups in total. The minimum atomic E-state index is 0.409. The molecule has 1 aromatic rings. The van der Waals surface area contributed by atoms with Crippen LogP contribution in [0.3, 0.4) is 0 Å². The third-order valence-corrected chi connectivity index (χ3v) is 3.40. The number of hydrogen-bond acceptors (Lipinski definition) is 2. The fourth-order valence-corrected chi connectivity index (χ4v) is 2.52. The third-order valence-electron chi connectivity index (χ3n) is 3.40. The fraction of sp³-hybridized carbons (Fsp3) is 0.500. The van der Waals surface area contributed by atoms with Crippen LogP contribution in [0.4, 0.5) is 0 Å². The first-order valence-corrected chi connectivity index (χ1v) is 5.87. The highest BCUT2D eigenvalue weighted by Crippen LogP contribution is 2.33. The Kier molecular flexibility index (Phi) is 3.28. The van der Waals surface area contributed by atoms with Crippen molar-refractivity contribution in [3.8, 4) is 5.75 Å². The van der Waals surface area contributed by atoms with Gasteiger partial charge in [-0.2, -0.15) is 0 Å². The second-order valence-corrected chi connectivity index (χ2v) is 4.55. The molecule has 0 heterocycles. The number of hydrogen-bond donors (Lipinski definition) is 0. The molecular formula is C14H18O2. The number of aryl methyl sites for hydroxylation is 1. The van der Waals surface area contributed by atoms with E-state index in [1.807, 2.05) is 6.07 Å². The maximum atomic E-state index is 11.5. The summed E-state index contributed by atoms with van der Waals surface area (Å²) in [6, 6.07) is 6.15. The van der Waals surface area contributed by atoms with Gasteiger partial charge in [0.2, 0.25) is 0 Å². The van der Waals surface area contributed by atoms with Crippen LogP contribution in [-0.4, -0.2) is 12.9 Å². The third kappa shape index (κ3) is 2.26. The smallest absolute Gasteiger partial charge is 0.133 e. The van der Waals surface area contributed by atoms with Crippen molar-refractivity contribution < 1.29 is 9.53 Å². The zero-order valence-corrected chi connectivity index (χ0v) is 9.95. The molecule has 0 bridgehead atoms. The Balaban J connectivity index is 2.22. The molecule has 0 amide bonds. The van der Waals surface area contributed by atoms with Crippen molar-refractivity contribution in [1.82, 2.24) is 0 Å². The van der Waals surface area contributed by atoms with E-state index in [1.165, 1.54) is 11.1 Å². The predicted molar refractivity (Wildman–Crippen MR) is 63.9 cm³/mol. The van der Waals surface area contributed by atoms with Crippen LogP contribution in [0.15, 0.2) is 18.2 Å². The number of benzene rings is 1. The first-order valence-electron chi connectivity index (χ1n) is 5.87. The Bertz CT molecular complexity index is 396. The molecule has 1 atom stereocenters. The Morgan fingerprint density at radius 2 is 2.19 bits per heavy atom. The zero-order chi connectivity index (χ0) is 11.5. The quantitative estimate of drug-likeness (QED) is 0.761. The Morgan fingerprint density at radius 3 is 2.81 bits per heavy atom. The molecule has 0 spiro atoms. The summed E-state index contributed by atoms with van der Waals surface area (Å²) in [7, 11) is 1.68. The molecule has 86 valence electrons. The van der Waals surface area contributed by atoms with E-state index in [9.17, 15) is 4.79 Å². The first-order chi connectivity index (χ1) is 7.70. The van der Waals surface area contributed by atoms with Crippen LogP contribution in [0, 0.1) is 6.92 Å². The van der Waals surface area contributed by atoms with Gasteiger partial charge in [-0.3, -0.25) is 4.79 Å². The van der Waals surface area contributed by atoms with Crippen LogP contribution in [-0.2, 0) is 4.79 Å². The summed E-state index contributed by atoms with van der Waals surface area (Å²) in [6.45, 7) is 2.09. The molecule has 1 saturated carbocycles. The molecule has 0 aromatic heterocycles.